The van der Waals surface area contributed by atoms with E-state index in [-0.39, 0.29) is 12.1 Å². The normalized spacial score (nSPS) is 21.7. The minimum absolute atomic E-state index is 0.248. The molecule has 1 aromatic heterocycles. The SMILES string of the molecule is CCn1nccc1CCN1C[C@H](O)C[C@H]1c1cccc(OC)c1. The molecule has 1 saturated heterocycles. The number of rotatable bonds is 6. The van der Waals surface area contributed by atoms with Crippen molar-refractivity contribution >= 4 is 0 Å². The Morgan fingerprint density at radius 3 is 3.00 bits per heavy atom. The second-order valence-corrected chi connectivity index (χ2v) is 6.07. The monoisotopic (exact) mass is 315 g/mol. The average molecular weight is 315 g/mol. The number of methoxy groups -OCH3 is 1. The highest BCUT2D eigenvalue weighted by Crippen LogP contribution is 2.33. The van der Waals surface area contributed by atoms with E-state index in [0.717, 1.165) is 38.2 Å². The quantitative estimate of drug-likeness (QED) is 0.888. The van der Waals surface area contributed by atoms with Crippen LogP contribution in [-0.2, 0) is 13.0 Å². The lowest BCUT2D eigenvalue weighted by atomic mass is 10.0. The molecule has 5 heteroatoms. The number of aliphatic hydroxyl groups excluding tert-OH is 1. The van der Waals surface area contributed by atoms with Crippen molar-refractivity contribution in [2.45, 2.75) is 38.5 Å². The van der Waals surface area contributed by atoms with Gasteiger partial charge in [0, 0.05) is 44.0 Å². The number of hydrogen-bond donors (Lipinski definition) is 1. The highest BCUT2D eigenvalue weighted by Gasteiger charge is 2.31. The second-order valence-electron chi connectivity index (χ2n) is 6.07. The Kier molecular flexibility index (Phi) is 4.98. The van der Waals surface area contributed by atoms with Crippen molar-refractivity contribution in [3.63, 3.8) is 0 Å². The third-order valence-corrected chi connectivity index (χ3v) is 4.62. The van der Waals surface area contributed by atoms with E-state index in [0.29, 0.717) is 0 Å². The van der Waals surface area contributed by atoms with Crippen LogP contribution in [0.1, 0.15) is 30.6 Å². The maximum Gasteiger partial charge on any atom is 0.119 e. The van der Waals surface area contributed by atoms with E-state index in [2.05, 4.69) is 35.1 Å². The zero-order valence-corrected chi connectivity index (χ0v) is 13.9. The van der Waals surface area contributed by atoms with Gasteiger partial charge in [-0.1, -0.05) is 12.1 Å². The molecule has 1 fully saturated rings. The van der Waals surface area contributed by atoms with Crippen LogP contribution in [0.3, 0.4) is 0 Å². The Morgan fingerprint density at radius 1 is 1.35 bits per heavy atom. The molecule has 23 heavy (non-hydrogen) atoms. The van der Waals surface area contributed by atoms with E-state index in [1.54, 1.807) is 7.11 Å². The third-order valence-electron chi connectivity index (χ3n) is 4.62. The van der Waals surface area contributed by atoms with Crippen molar-refractivity contribution in [3.05, 3.63) is 47.8 Å². The van der Waals surface area contributed by atoms with Gasteiger partial charge in [-0.2, -0.15) is 5.10 Å². The van der Waals surface area contributed by atoms with E-state index in [4.69, 9.17) is 4.74 Å². The van der Waals surface area contributed by atoms with Crippen LogP contribution < -0.4 is 4.74 Å². The number of hydrogen-bond acceptors (Lipinski definition) is 4. The molecule has 124 valence electrons. The molecule has 3 rings (SSSR count). The molecule has 2 heterocycles. The molecule has 0 spiro atoms. The average Bonchev–Trinajstić information content (AvgIpc) is 3.18. The van der Waals surface area contributed by atoms with Gasteiger partial charge in [-0.3, -0.25) is 9.58 Å². The highest BCUT2D eigenvalue weighted by atomic mass is 16.5. The zero-order valence-electron chi connectivity index (χ0n) is 13.9. The van der Waals surface area contributed by atoms with Gasteiger partial charge < -0.3 is 9.84 Å². The number of aromatic nitrogens is 2. The van der Waals surface area contributed by atoms with Gasteiger partial charge >= 0.3 is 0 Å². The Balaban J connectivity index is 1.72. The van der Waals surface area contributed by atoms with Crippen LogP contribution >= 0.6 is 0 Å². The summed E-state index contributed by atoms with van der Waals surface area (Å²) in [6.45, 7) is 4.65. The Hall–Kier alpha value is -1.85. The second kappa shape index (κ2) is 7.15. The summed E-state index contributed by atoms with van der Waals surface area (Å²) >= 11 is 0. The van der Waals surface area contributed by atoms with Crippen LogP contribution in [0.2, 0.25) is 0 Å². The lowest BCUT2D eigenvalue weighted by molar-refractivity contribution is 0.175. The predicted molar refractivity (Wildman–Crippen MR) is 89.5 cm³/mol. The molecule has 0 amide bonds. The molecule has 0 bridgehead atoms. The highest BCUT2D eigenvalue weighted by molar-refractivity contribution is 5.31. The van der Waals surface area contributed by atoms with Gasteiger partial charge in [-0.05, 0) is 37.1 Å². The minimum atomic E-state index is -0.262. The fraction of sp³-hybridized carbons (Fsp3) is 0.500. The standard InChI is InChI=1S/C18H25N3O2/c1-3-21-15(7-9-19-21)8-10-20-13-16(22)12-18(20)14-5-4-6-17(11-14)23-2/h4-7,9,11,16,18,22H,3,8,10,12-13H2,1-2H3/t16-,18+/m1/s1. The largest absolute Gasteiger partial charge is 0.497 e. The summed E-state index contributed by atoms with van der Waals surface area (Å²) in [5.41, 5.74) is 2.46. The summed E-state index contributed by atoms with van der Waals surface area (Å²) < 4.78 is 7.37. The van der Waals surface area contributed by atoms with E-state index in [9.17, 15) is 5.11 Å². The molecule has 0 unspecified atom stereocenters. The zero-order chi connectivity index (χ0) is 16.2. The molecule has 0 radical (unpaired) electrons. The third kappa shape index (κ3) is 3.57. The fourth-order valence-corrected chi connectivity index (χ4v) is 3.44. The summed E-state index contributed by atoms with van der Waals surface area (Å²) in [7, 11) is 1.69. The van der Waals surface area contributed by atoms with Gasteiger partial charge in [0.25, 0.3) is 0 Å². The molecular formula is C18H25N3O2. The Labute approximate surface area is 137 Å². The first kappa shape index (κ1) is 16.0. The number of β-amino-alcohol motifs (C(OH)–C–C–N with tert-alkyl or cyclic N) is 1. The number of nitrogens with zero attached hydrogens (tertiary/aromatic N) is 3. The molecule has 2 aromatic rings. The summed E-state index contributed by atoms with van der Waals surface area (Å²) in [6.07, 6.45) is 3.32. The topological polar surface area (TPSA) is 50.5 Å². The first-order valence-corrected chi connectivity index (χ1v) is 8.28. The fourth-order valence-electron chi connectivity index (χ4n) is 3.44. The van der Waals surface area contributed by atoms with E-state index < -0.39 is 0 Å². The Morgan fingerprint density at radius 2 is 2.22 bits per heavy atom. The van der Waals surface area contributed by atoms with Gasteiger partial charge in [0.2, 0.25) is 0 Å². The van der Waals surface area contributed by atoms with Crippen molar-refractivity contribution < 1.29 is 9.84 Å². The van der Waals surface area contributed by atoms with E-state index in [1.165, 1.54) is 11.3 Å². The number of likely N-dealkylation sites (tertiary alicyclic amines) is 1. The lowest BCUT2D eigenvalue weighted by Crippen LogP contribution is -2.27. The first-order chi connectivity index (χ1) is 11.2. The summed E-state index contributed by atoms with van der Waals surface area (Å²) in [5.74, 6) is 0.868. The molecular weight excluding hydrogens is 290 g/mol. The molecule has 1 N–H and O–H groups in total. The van der Waals surface area contributed by atoms with E-state index >= 15 is 0 Å². The van der Waals surface area contributed by atoms with Crippen molar-refractivity contribution in [1.82, 2.24) is 14.7 Å². The number of ether oxygens (including phenoxy) is 1. The number of aliphatic hydroxyl groups is 1. The smallest absolute Gasteiger partial charge is 0.119 e. The van der Waals surface area contributed by atoms with Crippen LogP contribution in [0.15, 0.2) is 36.5 Å². The van der Waals surface area contributed by atoms with Gasteiger partial charge in [0.05, 0.1) is 13.2 Å². The lowest BCUT2D eigenvalue weighted by Gasteiger charge is -2.24. The van der Waals surface area contributed by atoms with Crippen LogP contribution in [0, 0.1) is 0 Å². The molecule has 2 atom stereocenters. The maximum absolute atomic E-state index is 10.1. The van der Waals surface area contributed by atoms with Crippen LogP contribution in [-0.4, -0.2) is 46.1 Å². The van der Waals surface area contributed by atoms with Crippen molar-refractivity contribution in [2.24, 2.45) is 0 Å². The van der Waals surface area contributed by atoms with Crippen LogP contribution in [0.4, 0.5) is 0 Å². The van der Waals surface area contributed by atoms with Crippen molar-refractivity contribution in [2.75, 3.05) is 20.2 Å². The van der Waals surface area contributed by atoms with Gasteiger partial charge in [0.1, 0.15) is 5.75 Å². The summed E-state index contributed by atoms with van der Waals surface area (Å²) in [5, 5.41) is 14.5. The van der Waals surface area contributed by atoms with Crippen molar-refractivity contribution in [3.8, 4) is 5.75 Å². The van der Waals surface area contributed by atoms with Gasteiger partial charge in [0.15, 0.2) is 0 Å². The molecule has 0 aliphatic carbocycles. The predicted octanol–water partition coefficient (Wildman–Crippen LogP) is 2.26. The van der Waals surface area contributed by atoms with E-state index in [1.807, 2.05) is 23.0 Å². The minimum Gasteiger partial charge on any atom is -0.497 e. The summed E-state index contributed by atoms with van der Waals surface area (Å²) in [6, 6.07) is 10.5. The first-order valence-electron chi connectivity index (χ1n) is 8.28. The van der Waals surface area contributed by atoms with Crippen LogP contribution in [0.25, 0.3) is 0 Å². The number of benzene rings is 1. The molecule has 1 aliphatic rings. The Bertz CT molecular complexity index is 641. The number of aryl methyl sites for hydroxylation is 1. The maximum atomic E-state index is 10.1. The summed E-state index contributed by atoms with van der Waals surface area (Å²) in [4.78, 5) is 2.37. The van der Waals surface area contributed by atoms with Crippen molar-refractivity contribution in [1.29, 1.82) is 0 Å². The molecule has 0 saturated carbocycles. The molecule has 1 aliphatic heterocycles. The van der Waals surface area contributed by atoms with Gasteiger partial charge in [-0.25, -0.2) is 0 Å². The van der Waals surface area contributed by atoms with Gasteiger partial charge in [-0.15, -0.1) is 0 Å². The molecule has 5 nitrogen and oxygen atoms in total. The molecule has 1 aromatic carbocycles. The van der Waals surface area contributed by atoms with Crippen LogP contribution in [0.5, 0.6) is 5.75 Å².